The quantitative estimate of drug-likeness (QED) is 0.774. The molecule has 2 aliphatic heterocycles. The van der Waals surface area contributed by atoms with Crippen LogP contribution in [0.2, 0.25) is 0 Å². The van der Waals surface area contributed by atoms with E-state index in [-0.39, 0.29) is 0 Å². The maximum Gasteiger partial charge on any atom is 0.183 e. The maximum atomic E-state index is 9.24. The van der Waals surface area contributed by atoms with Gasteiger partial charge in [-0.05, 0) is 6.92 Å². The molecule has 0 atom stereocenters. The molecule has 0 bridgehead atoms. The SMILES string of the molecule is Cc1nc(N2CCOCC2)cc(N2CCN(c3nccnc3C#N)CC2)n1. The van der Waals surface area contributed by atoms with Crippen LogP contribution in [0.1, 0.15) is 11.5 Å². The van der Waals surface area contributed by atoms with Crippen molar-refractivity contribution in [3.8, 4) is 6.07 Å². The van der Waals surface area contributed by atoms with Crippen molar-refractivity contribution in [2.45, 2.75) is 6.92 Å². The molecule has 2 aromatic rings. The third kappa shape index (κ3) is 3.75. The van der Waals surface area contributed by atoms with Crippen LogP contribution in [-0.2, 0) is 4.74 Å². The van der Waals surface area contributed by atoms with Crippen molar-refractivity contribution in [3.05, 3.63) is 30.0 Å². The first kappa shape index (κ1) is 17.4. The summed E-state index contributed by atoms with van der Waals surface area (Å²) in [5.41, 5.74) is 0.374. The highest BCUT2D eigenvalue weighted by Crippen LogP contribution is 2.23. The molecule has 0 aromatic carbocycles. The van der Waals surface area contributed by atoms with Gasteiger partial charge in [-0.1, -0.05) is 0 Å². The molecule has 0 saturated carbocycles. The number of aryl methyl sites for hydroxylation is 1. The number of piperazine rings is 1. The summed E-state index contributed by atoms with van der Waals surface area (Å²) in [6.45, 7) is 8.25. The number of nitrogens with zero attached hydrogens (tertiary/aromatic N) is 8. The molecule has 0 N–H and O–H groups in total. The van der Waals surface area contributed by atoms with Gasteiger partial charge in [0.25, 0.3) is 0 Å². The normalized spacial score (nSPS) is 17.7. The van der Waals surface area contributed by atoms with Crippen molar-refractivity contribution in [1.82, 2.24) is 19.9 Å². The van der Waals surface area contributed by atoms with E-state index in [0.717, 1.165) is 69.9 Å². The first-order chi connectivity index (χ1) is 13.2. The summed E-state index contributed by atoms with van der Waals surface area (Å²) >= 11 is 0. The van der Waals surface area contributed by atoms with E-state index in [9.17, 15) is 5.26 Å². The number of hydrogen-bond donors (Lipinski definition) is 0. The molecule has 0 amide bonds. The minimum Gasteiger partial charge on any atom is -0.378 e. The Bertz CT molecular complexity index is 837. The molecule has 27 heavy (non-hydrogen) atoms. The summed E-state index contributed by atoms with van der Waals surface area (Å²) in [6.07, 6.45) is 3.18. The van der Waals surface area contributed by atoms with Gasteiger partial charge in [0.1, 0.15) is 23.5 Å². The number of aromatic nitrogens is 4. The minimum absolute atomic E-state index is 0.374. The standard InChI is InChI=1S/C18H22N8O/c1-14-22-16(12-17(23-14)25-8-10-27-11-9-25)24-4-6-26(7-5-24)18-15(13-19)20-2-3-21-18/h2-3,12H,4-11H2,1H3. The number of ether oxygens (including phenoxy) is 1. The van der Waals surface area contributed by atoms with Crippen LogP contribution in [-0.4, -0.2) is 72.4 Å². The average molecular weight is 366 g/mol. The second kappa shape index (κ2) is 7.72. The Kier molecular flexibility index (Phi) is 4.98. The van der Waals surface area contributed by atoms with Crippen LogP contribution in [0.5, 0.6) is 0 Å². The van der Waals surface area contributed by atoms with E-state index in [2.05, 4.69) is 46.8 Å². The molecule has 0 unspecified atom stereocenters. The van der Waals surface area contributed by atoms with Gasteiger partial charge in [0.15, 0.2) is 11.5 Å². The van der Waals surface area contributed by atoms with Crippen molar-refractivity contribution >= 4 is 17.5 Å². The van der Waals surface area contributed by atoms with Crippen LogP contribution in [0, 0.1) is 18.3 Å². The summed E-state index contributed by atoms with van der Waals surface area (Å²) in [7, 11) is 0. The van der Waals surface area contributed by atoms with E-state index < -0.39 is 0 Å². The van der Waals surface area contributed by atoms with Gasteiger partial charge in [0.05, 0.1) is 13.2 Å². The zero-order chi connectivity index (χ0) is 18.6. The van der Waals surface area contributed by atoms with E-state index >= 15 is 0 Å². The van der Waals surface area contributed by atoms with Crippen molar-refractivity contribution < 1.29 is 4.74 Å². The van der Waals surface area contributed by atoms with E-state index in [1.807, 2.05) is 6.92 Å². The minimum atomic E-state index is 0.374. The first-order valence-electron chi connectivity index (χ1n) is 9.14. The molecule has 140 valence electrons. The van der Waals surface area contributed by atoms with E-state index in [1.54, 1.807) is 12.4 Å². The summed E-state index contributed by atoms with van der Waals surface area (Å²) in [5, 5.41) is 9.24. The van der Waals surface area contributed by atoms with Crippen LogP contribution < -0.4 is 14.7 Å². The fourth-order valence-electron chi connectivity index (χ4n) is 3.44. The van der Waals surface area contributed by atoms with Gasteiger partial charge in [-0.25, -0.2) is 19.9 Å². The van der Waals surface area contributed by atoms with Gasteiger partial charge >= 0.3 is 0 Å². The third-order valence-corrected chi connectivity index (χ3v) is 4.83. The maximum absolute atomic E-state index is 9.24. The van der Waals surface area contributed by atoms with Gasteiger partial charge in [0, 0.05) is 57.7 Å². The second-order valence-electron chi connectivity index (χ2n) is 6.55. The van der Waals surface area contributed by atoms with Crippen molar-refractivity contribution in [3.63, 3.8) is 0 Å². The first-order valence-corrected chi connectivity index (χ1v) is 9.14. The van der Waals surface area contributed by atoms with E-state index in [4.69, 9.17) is 4.74 Å². The highest BCUT2D eigenvalue weighted by Gasteiger charge is 2.23. The summed E-state index contributed by atoms with van der Waals surface area (Å²) < 4.78 is 5.44. The largest absolute Gasteiger partial charge is 0.378 e. The molecular formula is C18H22N8O. The fraction of sp³-hybridized carbons (Fsp3) is 0.500. The Labute approximate surface area is 158 Å². The molecule has 2 fully saturated rings. The van der Waals surface area contributed by atoms with Crippen LogP contribution in [0.25, 0.3) is 0 Å². The van der Waals surface area contributed by atoms with E-state index in [0.29, 0.717) is 11.5 Å². The van der Waals surface area contributed by atoms with Crippen molar-refractivity contribution in [2.24, 2.45) is 0 Å². The van der Waals surface area contributed by atoms with Crippen LogP contribution in [0.3, 0.4) is 0 Å². The Morgan fingerprint density at radius 3 is 2.15 bits per heavy atom. The van der Waals surface area contributed by atoms with Gasteiger partial charge in [-0.15, -0.1) is 0 Å². The number of anilines is 3. The lowest BCUT2D eigenvalue weighted by Crippen LogP contribution is -2.47. The molecule has 9 nitrogen and oxygen atoms in total. The molecule has 4 heterocycles. The topological polar surface area (TPSA) is 94.3 Å². The predicted molar refractivity (Wildman–Crippen MR) is 101 cm³/mol. The smallest absolute Gasteiger partial charge is 0.183 e. The van der Waals surface area contributed by atoms with Gasteiger partial charge in [0.2, 0.25) is 0 Å². The van der Waals surface area contributed by atoms with Crippen LogP contribution in [0.4, 0.5) is 17.5 Å². The van der Waals surface area contributed by atoms with Gasteiger partial charge in [-0.3, -0.25) is 0 Å². The average Bonchev–Trinajstić information content (AvgIpc) is 2.74. The number of morpholine rings is 1. The predicted octanol–water partition coefficient (Wildman–Crippen LogP) is 0.610. The summed E-state index contributed by atoms with van der Waals surface area (Å²) in [6, 6.07) is 4.19. The number of rotatable bonds is 3. The lowest BCUT2D eigenvalue weighted by molar-refractivity contribution is 0.122. The summed E-state index contributed by atoms with van der Waals surface area (Å²) in [5.74, 6) is 3.34. The van der Waals surface area contributed by atoms with Crippen molar-refractivity contribution in [1.29, 1.82) is 5.26 Å². The van der Waals surface area contributed by atoms with E-state index in [1.165, 1.54) is 0 Å². The lowest BCUT2D eigenvalue weighted by Gasteiger charge is -2.36. The molecule has 0 aliphatic carbocycles. The molecule has 9 heteroatoms. The monoisotopic (exact) mass is 366 g/mol. The lowest BCUT2D eigenvalue weighted by atomic mass is 10.2. The second-order valence-corrected chi connectivity index (χ2v) is 6.55. The number of hydrogen-bond acceptors (Lipinski definition) is 9. The van der Waals surface area contributed by atoms with Crippen LogP contribution >= 0.6 is 0 Å². The molecule has 2 aliphatic rings. The zero-order valence-electron chi connectivity index (χ0n) is 15.4. The zero-order valence-corrected chi connectivity index (χ0v) is 15.4. The number of nitriles is 1. The van der Waals surface area contributed by atoms with Gasteiger partial charge in [-0.2, -0.15) is 5.26 Å². The third-order valence-electron chi connectivity index (χ3n) is 4.83. The molecule has 2 aromatic heterocycles. The molecule has 2 saturated heterocycles. The van der Waals surface area contributed by atoms with Crippen LogP contribution in [0.15, 0.2) is 18.5 Å². The Balaban J connectivity index is 1.48. The Morgan fingerprint density at radius 2 is 1.48 bits per heavy atom. The molecular weight excluding hydrogens is 344 g/mol. The molecule has 0 spiro atoms. The Hall–Kier alpha value is -2.99. The highest BCUT2D eigenvalue weighted by atomic mass is 16.5. The van der Waals surface area contributed by atoms with Crippen molar-refractivity contribution in [2.75, 3.05) is 67.2 Å². The van der Waals surface area contributed by atoms with Gasteiger partial charge < -0.3 is 19.4 Å². The molecule has 4 rings (SSSR count). The fourth-order valence-corrected chi connectivity index (χ4v) is 3.44. The summed E-state index contributed by atoms with van der Waals surface area (Å²) in [4.78, 5) is 24.3. The Morgan fingerprint density at radius 1 is 0.889 bits per heavy atom. The highest BCUT2D eigenvalue weighted by molar-refractivity contribution is 5.54. The molecule has 0 radical (unpaired) electrons.